The van der Waals surface area contributed by atoms with Crippen LogP contribution in [0, 0.1) is 34.5 Å². The second-order valence-corrected chi connectivity index (χ2v) is 15.9. The highest BCUT2D eigenvalue weighted by molar-refractivity contribution is 9.10. The number of amides is 1. The molecule has 0 aromatic heterocycles. The quantitative estimate of drug-likeness (QED) is 0.180. The molecule has 3 aliphatic carbocycles. The molecular weight excluding hydrogens is 618 g/mol. The second-order valence-electron chi connectivity index (χ2n) is 14.1. The highest BCUT2D eigenvalue weighted by atomic mass is 79.9. The number of carbonyl (C=O) groups is 4. The van der Waals surface area contributed by atoms with Gasteiger partial charge in [0.15, 0.2) is 5.78 Å². The first-order valence-corrected chi connectivity index (χ1v) is 17.0. The van der Waals surface area contributed by atoms with Gasteiger partial charge < -0.3 is 13.8 Å². The number of ketones is 2. The Morgan fingerprint density at radius 2 is 1.71 bits per heavy atom. The van der Waals surface area contributed by atoms with E-state index in [1.807, 2.05) is 45.0 Å². The van der Waals surface area contributed by atoms with E-state index in [2.05, 4.69) is 22.9 Å². The first-order chi connectivity index (χ1) is 19.8. The van der Waals surface area contributed by atoms with Crippen molar-refractivity contribution < 1.29 is 28.1 Å². The second kappa shape index (κ2) is 12.4. The number of carbonyl (C=O) groups excluding carboxylic acids is 4. The summed E-state index contributed by atoms with van der Waals surface area (Å²) in [5.41, 5.74) is -1.13. The number of likely N-dealkylation sites (tertiary alicyclic amines) is 1. The van der Waals surface area contributed by atoms with E-state index in [1.54, 1.807) is 11.8 Å². The molecule has 1 aliphatic heterocycles. The van der Waals surface area contributed by atoms with Crippen molar-refractivity contribution in [1.29, 1.82) is 0 Å². The van der Waals surface area contributed by atoms with Gasteiger partial charge in [-0.25, -0.2) is 0 Å². The molecular formula is C33H44BrNO6S. The summed E-state index contributed by atoms with van der Waals surface area (Å²) in [5, 5.41) is 0. The van der Waals surface area contributed by atoms with Gasteiger partial charge in [0.2, 0.25) is 5.91 Å². The minimum absolute atomic E-state index is 0.0139. The maximum atomic E-state index is 14.3. The van der Waals surface area contributed by atoms with E-state index in [-0.39, 0.29) is 61.0 Å². The topological polar surface area (TPSA) is 90.0 Å². The van der Waals surface area contributed by atoms with Crippen LogP contribution >= 0.6 is 28.0 Å². The average molecular weight is 663 g/mol. The fourth-order valence-corrected chi connectivity index (χ4v) is 8.16. The maximum absolute atomic E-state index is 14.3. The summed E-state index contributed by atoms with van der Waals surface area (Å²) in [7, 11) is 0. The van der Waals surface area contributed by atoms with Gasteiger partial charge in [-0.1, -0.05) is 50.0 Å². The molecule has 1 heterocycles. The zero-order chi connectivity index (χ0) is 30.4. The Morgan fingerprint density at radius 3 is 2.29 bits per heavy atom. The van der Waals surface area contributed by atoms with Crippen LogP contribution in [0.4, 0.5) is 0 Å². The number of nitrogens with zero attached hydrogens (tertiary/aromatic N) is 1. The number of hydrogen-bond donors (Lipinski definition) is 0. The lowest BCUT2D eigenvalue weighted by Crippen LogP contribution is -2.48. The van der Waals surface area contributed by atoms with Crippen LogP contribution < -0.4 is 0 Å². The predicted molar refractivity (Wildman–Crippen MR) is 164 cm³/mol. The van der Waals surface area contributed by atoms with E-state index in [4.69, 9.17) is 8.92 Å². The average Bonchev–Trinajstić information content (AvgIpc) is 3.73. The molecule has 230 valence electrons. The summed E-state index contributed by atoms with van der Waals surface area (Å²) < 4.78 is 13.0. The lowest BCUT2D eigenvalue weighted by atomic mass is 9.77. The van der Waals surface area contributed by atoms with Gasteiger partial charge in [0, 0.05) is 46.2 Å². The zero-order valence-electron chi connectivity index (χ0n) is 25.4. The number of Topliss-reactive ketones (excluding diaryl/α,β-unsaturated/α-hetero) is 2. The molecule has 0 radical (unpaired) electrons. The number of benzene rings is 1. The van der Waals surface area contributed by atoms with Gasteiger partial charge in [0.25, 0.3) is 0 Å². The lowest BCUT2D eigenvalue weighted by molar-refractivity contribution is -0.156. The Labute approximate surface area is 262 Å². The fourth-order valence-electron chi connectivity index (χ4n) is 7.27. The van der Waals surface area contributed by atoms with Gasteiger partial charge in [0.05, 0.1) is 24.5 Å². The van der Waals surface area contributed by atoms with Crippen LogP contribution in [0.25, 0.3) is 0 Å². The van der Waals surface area contributed by atoms with Gasteiger partial charge in [-0.2, -0.15) is 0 Å². The molecule has 4 fully saturated rings. The van der Waals surface area contributed by atoms with E-state index >= 15 is 0 Å². The number of hydrogen-bond acceptors (Lipinski definition) is 7. The SMILES string of the molecule is CC[C@@H]1C[C@]1(CC(=O)[C@@H]1C[C@H](OSc2ccc(Br)cc2)CN1C(=O)[C@@H](CC(=O)OC1C[C@@H]2C[C@@H]2C1)C(C)(C)C)C(C)=O. The minimum Gasteiger partial charge on any atom is -0.462 e. The van der Waals surface area contributed by atoms with Gasteiger partial charge >= 0.3 is 5.97 Å². The molecule has 3 saturated carbocycles. The smallest absolute Gasteiger partial charge is 0.306 e. The van der Waals surface area contributed by atoms with Gasteiger partial charge in [-0.15, -0.1) is 0 Å². The summed E-state index contributed by atoms with van der Waals surface area (Å²) in [6.07, 6.45) is 4.78. The normalized spacial score (nSPS) is 32.3. The summed E-state index contributed by atoms with van der Waals surface area (Å²) in [6, 6.07) is 7.07. The van der Waals surface area contributed by atoms with Crippen molar-refractivity contribution in [3.63, 3.8) is 0 Å². The van der Waals surface area contributed by atoms with Crippen molar-refractivity contribution >= 4 is 51.4 Å². The van der Waals surface area contributed by atoms with Gasteiger partial charge in [-0.3, -0.25) is 19.2 Å². The standard InChI is InChI=1S/C33H44BrNO6S/c1-6-22-16-33(22,19(2)36)17-29(37)28-14-25(41-42-26-9-7-23(34)8-10-26)18-35(28)31(39)27(32(3,4)5)15-30(38)40-24-12-20-11-21(20)13-24/h7-10,20-22,24-25,27-28H,6,11-18H2,1-5H3/t20-,21+,22-,24?,25+,27-,28+,33+/m1/s1. The van der Waals surface area contributed by atoms with E-state index in [1.165, 1.54) is 18.5 Å². The molecule has 0 N–H and O–H groups in total. The highest BCUT2D eigenvalue weighted by Gasteiger charge is 2.59. The molecule has 1 amide bonds. The van der Waals surface area contributed by atoms with Crippen LogP contribution in [0.3, 0.4) is 0 Å². The van der Waals surface area contributed by atoms with Gasteiger partial charge in [0.1, 0.15) is 11.9 Å². The monoisotopic (exact) mass is 661 g/mol. The van der Waals surface area contributed by atoms with E-state index in [0.29, 0.717) is 18.3 Å². The molecule has 9 heteroatoms. The van der Waals surface area contributed by atoms with Crippen molar-refractivity contribution in [2.24, 2.45) is 34.5 Å². The summed E-state index contributed by atoms with van der Waals surface area (Å²) in [5.74, 6) is 0.378. The molecule has 42 heavy (non-hydrogen) atoms. The molecule has 5 rings (SSSR count). The van der Waals surface area contributed by atoms with E-state index in [0.717, 1.165) is 35.1 Å². The van der Waals surface area contributed by atoms with Crippen molar-refractivity contribution in [2.75, 3.05) is 6.54 Å². The van der Waals surface area contributed by atoms with Crippen molar-refractivity contribution in [2.45, 2.75) is 109 Å². The molecule has 1 unspecified atom stereocenters. The zero-order valence-corrected chi connectivity index (χ0v) is 27.8. The lowest BCUT2D eigenvalue weighted by Gasteiger charge is -2.35. The fraction of sp³-hybridized carbons (Fsp3) is 0.697. The third kappa shape index (κ3) is 6.99. The van der Waals surface area contributed by atoms with Crippen LogP contribution in [0.1, 0.15) is 86.0 Å². The third-order valence-electron chi connectivity index (χ3n) is 10.1. The van der Waals surface area contributed by atoms with Crippen molar-refractivity contribution in [1.82, 2.24) is 4.90 Å². The molecule has 1 saturated heterocycles. The number of halogens is 1. The number of fused-ring (bicyclic) bond motifs is 1. The summed E-state index contributed by atoms with van der Waals surface area (Å²) >= 11 is 4.68. The first kappa shape index (κ1) is 31.7. The van der Waals surface area contributed by atoms with Crippen LogP contribution in [0.5, 0.6) is 0 Å². The Bertz CT molecular complexity index is 1200. The number of esters is 1. The Balaban J connectivity index is 1.31. The van der Waals surface area contributed by atoms with Crippen LogP contribution in [0.15, 0.2) is 33.6 Å². The molecule has 8 atom stereocenters. The molecule has 1 aromatic rings. The summed E-state index contributed by atoms with van der Waals surface area (Å²) in [4.78, 5) is 56.4. The molecule has 0 bridgehead atoms. The molecule has 0 spiro atoms. The van der Waals surface area contributed by atoms with Crippen molar-refractivity contribution in [3.05, 3.63) is 28.7 Å². The van der Waals surface area contributed by atoms with Gasteiger partial charge in [-0.05, 0) is 80.0 Å². The Hall–Kier alpha value is -1.71. The highest BCUT2D eigenvalue weighted by Crippen LogP contribution is 2.58. The Morgan fingerprint density at radius 1 is 1.05 bits per heavy atom. The van der Waals surface area contributed by atoms with E-state index in [9.17, 15) is 19.2 Å². The van der Waals surface area contributed by atoms with E-state index < -0.39 is 22.8 Å². The van der Waals surface area contributed by atoms with Crippen LogP contribution in [0.2, 0.25) is 0 Å². The number of ether oxygens (including phenoxy) is 1. The Kier molecular flexibility index (Phi) is 9.32. The van der Waals surface area contributed by atoms with Crippen LogP contribution in [-0.2, 0) is 28.1 Å². The number of rotatable bonds is 12. The minimum atomic E-state index is -0.690. The largest absolute Gasteiger partial charge is 0.462 e. The maximum Gasteiger partial charge on any atom is 0.306 e. The molecule has 1 aromatic carbocycles. The predicted octanol–water partition coefficient (Wildman–Crippen LogP) is 6.80. The molecule has 7 nitrogen and oxygen atoms in total. The summed E-state index contributed by atoms with van der Waals surface area (Å²) in [6.45, 7) is 9.76. The first-order valence-electron chi connectivity index (χ1n) is 15.4. The molecule has 4 aliphatic rings. The van der Waals surface area contributed by atoms with Crippen molar-refractivity contribution in [3.8, 4) is 0 Å². The third-order valence-corrected chi connectivity index (χ3v) is 11.5. The van der Waals surface area contributed by atoms with Crippen LogP contribution in [-0.4, -0.2) is 53.1 Å².